The smallest absolute Gasteiger partial charge is 0.0678 e. The van der Waals surface area contributed by atoms with Gasteiger partial charge in [-0.15, -0.1) is 0 Å². The Kier molecular flexibility index (Phi) is 3.87. The maximum atomic E-state index is 5.18. The molecule has 1 aliphatic rings. The molecule has 0 amide bonds. The van der Waals surface area contributed by atoms with Gasteiger partial charge in [0.05, 0.1) is 5.54 Å². The number of rotatable bonds is 4. The molecule has 0 N–H and O–H groups in total. The standard InChI is InChI=1S/C19H22N2/c1-3-19(4-2)17(15-10-12-20-13-11-15)14-18(21-19)16-8-6-5-7-9-16/h5-13,17H,3-4,14H2,1-2H3. The number of nitrogens with zero attached hydrogens (tertiary/aromatic N) is 2. The number of benzene rings is 1. The zero-order chi connectivity index (χ0) is 14.7. The van der Waals surface area contributed by atoms with Crippen LogP contribution >= 0.6 is 0 Å². The molecule has 0 saturated carbocycles. The molecule has 1 aromatic heterocycles. The second kappa shape index (κ2) is 5.80. The van der Waals surface area contributed by atoms with Crippen LogP contribution in [0.5, 0.6) is 0 Å². The molecule has 2 nitrogen and oxygen atoms in total. The average molecular weight is 278 g/mol. The summed E-state index contributed by atoms with van der Waals surface area (Å²) >= 11 is 0. The van der Waals surface area contributed by atoms with Gasteiger partial charge in [0, 0.05) is 24.0 Å². The summed E-state index contributed by atoms with van der Waals surface area (Å²) in [5.74, 6) is 0.464. The van der Waals surface area contributed by atoms with Crippen molar-refractivity contribution in [2.24, 2.45) is 4.99 Å². The van der Waals surface area contributed by atoms with Crippen LogP contribution in [0.1, 0.15) is 50.2 Å². The molecule has 2 aromatic rings. The minimum absolute atomic E-state index is 0.0343. The van der Waals surface area contributed by atoms with Crippen LogP contribution in [0, 0.1) is 0 Å². The molecule has 0 fully saturated rings. The third-order valence-electron chi connectivity index (χ3n) is 4.84. The van der Waals surface area contributed by atoms with Crippen molar-refractivity contribution in [2.75, 3.05) is 0 Å². The van der Waals surface area contributed by atoms with E-state index in [4.69, 9.17) is 4.99 Å². The van der Waals surface area contributed by atoms with Gasteiger partial charge in [0.1, 0.15) is 0 Å². The lowest BCUT2D eigenvalue weighted by atomic mass is 9.76. The van der Waals surface area contributed by atoms with E-state index in [0.29, 0.717) is 5.92 Å². The van der Waals surface area contributed by atoms with Gasteiger partial charge in [-0.3, -0.25) is 9.98 Å². The van der Waals surface area contributed by atoms with Crippen molar-refractivity contribution in [1.82, 2.24) is 4.98 Å². The minimum Gasteiger partial charge on any atom is -0.282 e. The molecule has 2 heterocycles. The van der Waals surface area contributed by atoms with Crippen LogP contribution < -0.4 is 0 Å². The van der Waals surface area contributed by atoms with Gasteiger partial charge >= 0.3 is 0 Å². The molecule has 1 unspecified atom stereocenters. The Balaban J connectivity index is 2.01. The molecule has 2 heteroatoms. The molecule has 1 aliphatic heterocycles. The van der Waals surface area contributed by atoms with E-state index in [1.165, 1.54) is 16.8 Å². The van der Waals surface area contributed by atoms with Gasteiger partial charge in [0.25, 0.3) is 0 Å². The lowest BCUT2D eigenvalue weighted by molar-refractivity contribution is 0.350. The van der Waals surface area contributed by atoms with Gasteiger partial charge in [0.15, 0.2) is 0 Å². The van der Waals surface area contributed by atoms with Gasteiger partial charge < -0.3 is 0 Å². The molecule has 0 saturated heterocycles. The van der Waals surface area contributed by atoms with Crippen molar-refractivity contribution in [3.63, 3.8) is 0 Å². The Hall–Kier alpha value is -1.96. The van der Waals surface area contributed by atoms with Crippen molar-refractivity contribution < 1.29 is 0 Å². The maximum Gasteiger partial charge on any atom is 0.0678 e. The fourth-order valence-electron chi connectivity index (χ4n) is 3.51. The highest BCUT2D eigenvalue weighted by Crippen LogP contribution is 2.45. The van der Waals surface area contributed by atoms with E-state index < -0.39 is 0 Å². The summed E-state index contributed by atoms with van der Waals surface area (Å²) in [6.45, 7) is 4.52. The molecule has 0 bridgehead atoms. The maximum absolute atomic E-state index is 5.18. The summed E-state index contributed by atoms with van der Waals surface area (Å²) in [6.07, 6.45) is 6.97. The molecule has 0 radical (unpaired) electrons. The van der Waals surface area contributed by atoms with E-state index in [-0.39, 0.29) is 5.54 Å². The van der Waals surface area contributed by atoms with E-state index in [9.17, 15) is 0 Å². The van der Waals surface area contributed by atoms with Crippen molar-refractivity contribution in [3.05, 3.63) is 66.0 Å². The topological polar surface area (TPSA) is 25.2 Å². The predicted octanol–water partition coefficient (Wildman–Crippen LogP) is 4.62. The van der Waals surface area contributed by atoms with E-state index >= 15 is 0 Å². The summed E-state index contributed by atoms with van der Waals surface area (Å²) in [7, 11) is 0. The van der Waals surface area contributed by atoms with Gasteiger partial charge in [-0.05, 0) is 42.5 Å². The van der Waals surface area contributed by atoms with Crippen LogP contribution in [0.3, 0.4) is 0 Å². The Bertz CT molecular complexity index is 613. The first-order valence-electron chi connectivity index (χ1n) is 7.83. The second-order valence-electron chi connectivity index (χ2n) is 5.77. The van der Waals surface area contributed by atoms with Crippen LogP contribution in [0.25, 0.3) is 0 Å². The molecule has 108 valence electrons. The molecular formula is C19H22N2. The van der Waals surface area contributed by atoms with E-state index in [0.717, 1.165) is 19.3 Å². The normalized spacial score (nSPS) is 20.3. The average Bonchev–Trinajstić information content (AvgIpc) is 2.97. The second-order valence-corrected chi connectivity index (χ2v) is 5.77. The summed E-state index contributed by atoms with van der Waals surface area (Å²) in [6, 6.07) is 14.9. The first-order chi connectivity index (χ1) is 10.3. The fourth-order valence-corrected chi connectivity index (χ4v) is 3.51. The van der Waals surface area contributed by atoms with Crippen LogP contribution in [0.15, 0.2) is 59.9 Å². The zero-order valence-corrected chi connectivity index (χ0v) is 12.8. The number of hydrogen-bond acceptors (Lipinski definition) is 2. The van der Waals surface area contributed by atoms with E-state index in [2.05, 4.69) is 61.3 Å². The predicted molar refractivity (Wildman–Crippen MR) is 87.9 cm³/mol. The first-order valence-corrected chi connectivity index (χ1v) is 7.83. The molecular weight excluding hydrogens is 256 g/mol. The Morgan fingerprint density at radius 2 is 1.67 bits per heavy atom. The largest absolute Gasteiger partial charge is 0.282 e. The Morgan fingerprint density at radius 1 is 1.00 bits per heavy atom. The summed E-state index contributed by atoms with van der Waals surface area (Å²) < 4.78 is 0. The van der Waals surface area contributed by atoms with Crippen molar-refractivity contribution in [1.29, 1.82) is 0 Å². The monoisotopic (exact) mass is 278 g/mol. The highest BCUT2D eigenvalue weighted by Gasteiger charge is 2.42. The number of pyridine rings is 1. The van der Waals surface area contributed by atoms with Gasteiger partial charge in [-0.2, -0.15) is 0 Å². The molecule has 1 atom stereocenters. The SMILES string of the molecule is CCC1(CC)N=C(c2ccccc2)CC1c1ccncc1. The van der Waals surface area contributed by atoms with Crippen LogP contribution in [0.2, 0.25) is 0 Å². The molecule has 0 aliphatic carbocycles. The summed E-state index contributed by atoms with van der Waals surface area (Å²) in [4.78, 5) is 9.34. The quantitative estimate of drug-likeness (QED) is 0.801. The van der Waals surface area contributed by atoms with E-state index in [1.807, 2.05) is 12.4 Å². The fraction of sp³-hybridized carbons (Fsp3) is 0.368. The summed E-state index contributed by atoms with van der Waals surface area (Å²) in [5.41, 5.74) is 3.91. The van der Waals surface area contributed by atoms with Gasteiger partial charge in [-0.25, -0.2) is 0 Å². The highest BCUT2D eigenvalue weighted by molar-refractivity contribution is 6.02. The lowest BCUT2D eigenvalue weighted by Gasteiger charge is -2.31. The third kappa shape index (κ3) is 2.51. The minimum atomic E-state index is 0.0343. The van der Waals surface area contributed by atoms with Crippen molar-refractivity contribution in [2.45, 2.75) is 44.6 Å². The lowest BCUT2D eigenvalue weighted by Crippen LogP contribution is -2.29. The molecule has 0 spiro atoms. The van der Waals surface area contributed by atoms with Gasteiger partial charge in [-0.1, -0.05) is 44.2 Å². The van der Waals surface area contributed by atoms with Gasteiger partial charge in [0.2, 0.25) is 0 Å². The molecule has 21 heavy (non-hydrogen) atoms. The van der Waals surface area contributed by atoms with Crippen molar-refractivity contribution in [3.8, 4) is 0 Å². The van der Waals surface area contributed by atoms with Crippen LogP contribution in [-0.2, 0) is 0 Å². The molecule has 3 rings (SSSR count). The Labute approximate surface area is 127 Å². The first kappa shape index (κ1) is 14.0. The Morgan fingerprint density at radius 3 is 2.29 bits per heavy atom. The number of aromatic nitrogens is 1. The highest BCUT2D eigenvalue weighted by atomic mass is 14.9. The number of aliphatic imine (C=N–C) groups is 1. The molecule has 1 aromatic carbocycles. The van der Waals surface area contributed by atoms with Crippen molar-refractivity contribution >= 4 is 5.71 Å². The number of hydrogen-bond donors (Lipinski definition) is 0. The van der Waals surface area contributed by atoms with Crippen LogP contribution in [0.4, 0.5) is 0 Å². The third-order valence-corrected chi connectivity index (χ3v) is 4.84. The zero-order valence-electron chi connectivity index (χ0n) is 12.8. The van der Waals surface area contributed by atoms with Crippen LogP contribution in [-0.4, -0.2) is 16.2 Å². The summed E-state index contributed by atoms with van der Waals surface area (Å²) in [5, 5.41) is 0. The van der Waals surface area contributed by atoms with E-state index in [1.54, 1.807) is 0 Å².